The van der Waals surface area contributed by atoms with Crippen molar-refractivity contribution in [3.63, 3.8) is 0 Å². The number of aliphatic hydroxyl groups is 1. The predicted molar refractivity (Wildman–Crippen MR) is 110 cm³/mol. The first-order valence-electron chi connectivity index (χ1n) is 8.68. The summed E-state index contributed by atoms with van der Waals surface area (Å²) in [5, 5.41) is 12.1. The van der Waals surface area contributed by atoms with Gasteiger partial charge < -0.3 is 20.8 Å². The van der Waals surface area contributed by atoms with E-state index < -0.39 is 6.10 Å². The summed E-state index contributed by atoms with van der Waals surface area (Å²) in [6.45, 7) is 6.07. The molecule has 5 rings (SSSR count). The Kier molecular flexibility index (Phi) is 8.20. The van der Waals surface area contributed by atoms with Crippen LogP contribution in [-0.4, -0.2) is 52.2 Å². The van der Waals surface area contributed by atoms with Gasteiger partial charge in [0.15, 0.2) is 0 Å². The van der Waals surface area contributed by atoms with Crippen LogP contribution in [-0.2, 0) is 0 Å². The second-order valence-electron chi connectivity index (χ2n) is 6.97. The third-order valence-corrected chi connectivity index (χ3v) is 5.82. The molecule has 0 saturated carbocycles. The quantitative estimate of drug-likeness (QED) is 0.796. The minimum atomic E-state index is -0.504. The van der Waals surface area contributed by atoms with Gasteiger partial charge in [0.1, 0.15) is 5.75 Å². The summed E-state index contributed by atoms with van der Waals surface area (Å²) in [4.78, 5) is 6.86. The van der Waals surface area contributed by atoms with Gasteiger partial charge in [0, 0.05) is 24.2 Å². The molecule has 5 atom stereocenters. The molecule has 27 heavy (non-hydrogen) atoms. The van der Waals surface area contributed by atoms with Gasteiger partial charge in [-0.2, -0.15) is 0 Å². The maximum atomic E-state index is 11.2. The molecule has 4 heterocycles. The van der Waals surface area contributed by atoms with Crippen LogP contribution in [0.25, 0.3) is 10.9 Å². The molecule has 2 bridgehead atoms. The van der Waals surface area contributed by atoms with Crippen molar-refractivity contribution in [3.05, 3.63) is 48.7 Å². The summed E-state index contributed by atoms with van der Waals surface area (Å²) in [5.74, 6) is 2.01. The lowest BCUT2D eigenvalue weighted by atomic mass is 9.73. The largest absolute Gasteiger partial charge is 0.497 e. The fourth-order valence-electron chi connectivity index (χ4n) is 4.44. The van der Waals surface area contributed by atoms with Gasteiger partial charge in [0.25, 0.3) is 0 Å². The van der Waals surface area contributed by atoms with Crippen LogP contribution in [0, 0.1) is 11.8 Å². The van der Waals surface area contributed by atoms with Gasteiger partial charge in [-0.15, -0.1) is 19.0 Å². The van der Waals surface area contributed by atoms with Crippen molar-refractivity contribution in [3.8, 4) is 5.75 Å². The van der Waals surface area contributed by atoms with Gasteiger partial charge in [-0.3, -0.25) is 9.88 Å². The van der Waals surface area contributed by atoms with Crippen molar-refractivity contribution in [1.29, 1.82) is 0 Å². The zero-order valence-electron chi connectivity index (χ0n) is 15.5. The van der Waals surface area contributed by atoms with Crippen molar-refractivity contribution >= 4 is 23.3 Å². The maximum absolute atomic E-state index is 11.2. The van der Waals surface area contributed by atoms with Crippen LogP contribution in [0.1, 0.15) is 24.5 Å². The lowest BCUT2D eigenvalue weighted by molar-refractivity contribution is -0.0444. The number of nitrogens with zero attached hydrogens (tertiary/aromatic N) is 2. The first-order chi connectivity index (χ1) is 11.7. The highest BCUT2D eigenvalue weighted by Gasteiger charge is 2.42. The number of fused-ring (bicyclic) bond motifs is 4. The molecule has 0 radical (unpaired) electrons. The molecule has 3 aliphatic rings. The lowest BCUT2D eigenvalue weighted by Gasteiger charge is -2.50. The number of aromatic nitrogens is 1. The second-order valence-corrected chi connectivity index (χ2v) is 6.97. The Labute approximate surface area is 165 Å². The van der Waals surface area contributed by atoms with Gasteiger partial charge in [-0.25, -0.2) is 0 Å². The number of methoxy groups -OCH3 is 1. The molecule has 3 aliphatic heterocycles. The Hall–Kier alpha value is -1.70. The zero-order chi connectivity index (χ0) is 16.7. The van der Waals surface area contributed by atoms with Crippen LogP contribution in [0.4, 0.5) is 0 Å². The van der Waals surface area contributed by atoms with Crippen molar-refractivity contribution in [2.24, 2.45) is 11.8 Å². The molecule has 150 valence electrons. The molecule has 1 aromatic heterocycles. The summed E-state index contributed by atoms with van der Waals surface area (Å²) in [6, 6.07) is 7.96. The highest BCUT2D eigenvalue weighted by atomic mass is 35.5. The molecule has 0 amide bonds. The Morgan fingerprint density at radius 3 is 2.74 bits per heavy atom. The first-order valence-corrected chi connectivity index (χ1v) is 8.68. The Morgan fingerprint density at radius 2 is 2.11 bits per heavy atom. The summed E-state index contributed by atoms with van der Waals surface area (Å²) >= 11 is 0. The van der Waals surface area contributed by atoms with E-state index in [1.807, 2.05) is 24.3 Å². The van der Waals surface area contributed by atoms with Crippen LogP contribution in [0.3, 0.4) is 0 Å². The molecule has 1 unspecified atom stereocenters. The monoisotopic (exact) mass is 396 g/mol. The van der Waals surface area contributed by atoms with E-state index in [1.165, 1.54) is 6.42 Å². The Bertz CT molecular complexity index is 773. The number of pyridine rings is 1. The molecular formula is C20H29ClN2O4. The maximum Gasteiger partial charge on any atom is 0.119 e. The van der Waals surface area contributed by atoms with Gasteiger partial charge >= 0.3 is 0 Å². The Morgan fingerprint density at radius 1 is 1.33 bits per heavy atom. The third kappa shape index (κ3) is 4.10. The number of halogens is 1. The normalized spacial score (nSPS) is 26.9. The molecule has 2 aromatic rings. The number of benzene rings is 1. The van der Waals surface area contributed by atoms with E-state index >= 15 is 0 Å². The SMILES string of the molecule is C=C[C@H]1CN2CC[C@@H]1C[C@H]2[C@H](O)c1ccnc2ccc(OC)cc12.Cl.O.O. The van der Waals surface area contributed by atoms with Gasteiger partial charge in [0.2, 0.25) is 0 Å². The molecule has 6 nitrogen and oxygen atoms in total. The fourth-order valence-corrected chi connectivity index (χ4v) is 4.44. The molecule has 0 spiro atoms. The minimum absolute atomic E-state index is 0. The van der Waals surface area contributed by atoms with Gasteiger partial charge in [-0.05, 0) is 61.1 Å². The summed E-state index contributed by atoms with van der Waals surface area (Å²) in [5.41, 5.74) is 1.85. The molecule has 5 N–H and O–H groups in total. The lowest BCUT2D eigenvalue weighted by Crippen LogP contribution is -2.54. The minimum Gasteiger partial charge on any atom is -0.497 e. The summed E-state index contributed by atoms with van der Waals surface area (Å²) in [6.07, 6.45) is 5.62. The van der Waals surface area contributed by atoms with E-state index in [0.717, 1.165) is 41.7 Å². The second kappa shape index (κ2) is 9.48. The first kappa shape index (κ1) is 23.3. The highest BCUT2D eigenvalue weighted by Crippen LogP contribution is 2.42. The van der Waals surface area contributed by atoms with Crippen molar-refractivity contribution in [2.75, 3.05) is 20.2 Å². The average Bonchev–Trinajstić information content (AvgIpc) is 2.66. The third-order valence-electron chi connectivity index (χ3n) is 5.82. The van der Waals surface area contributed by atoms with Crippen LogP contribution >= 0.6 is 12.4 Å². The molecular weight excluding hydrogens is 368 g/mol. The summed E-state index contributed by atoms with van der Waals surface area (Å²) in [7, 11) is 1.66. The predicted octanol–water partition coefficient (Wildman–Crippen LogP) is 1.95. The van der Waals surface area contributed by atoms with Crippen LogP contribution in [0.15, 0.2) is 43.1 Å². The van der Waals surface area contributed by atoms with E-state index in [1.54, 1.807) is 13.3 Å². The zero-order valence-corrected chi connectivity index (χ0v) is 16.3. The number of piperidine rings is 3. The van der Waals surface area contributed by atoms with E-state index in [2.05, 4.69) is 22.5 Å². The number of hydrogen-bond acceptors (Lipinski definition) is 4. The Balaban J connectivity index is 0.00000121. The van der Waals surface area contributed by atoms with E-state index in [0.29, 0.717) is 11.8 Å². The van der Waals surface area contributed by atoms with Crippen molar-refractivity contribution in [2.45, 2.75) is 25.0 Å². The fraction of sp³-hybridized carbons (Fsp3) is 0.450. The number of hydrogen-bond donors (Lipinski definition) is 1. The molecule has 3 saturated heterocycles. The van der Waals surface area contributed by atoms with Crippen LogP contribution in [0.2, 0.25) is 0 Å². The molecule has 0 aliphatic carbocycles. The van der Waals surface area contributed by atoms with E-state index in [-0.39, 0.29) is 29.4 Å². The van der Waals surface area contributed by atoms with Gasteiger partial charge in [0.05, 0.1) is 18.7 Å². The van der Waals surface area contributed by atoms with Crippen molar-refractivity contribution < 1.29 is 20.8 Å². The molecule has 3 fully saturated rings. The number of aliphatic hydroxyl groups excluding tert-OH is 1. The molecule has 7 heteroatoms. The number of ether oxygens (including phenoxy) is 1. The van der Waals surface area contributed by atoms with Crippen LogP contribution in [0.5, 0.6) is 5.75 Å². The average molecular weight is 397 g/mol. The topological polar surface area (TPSA) is 109 Å². The molecule has 1 aromatic carbocycles. The smallest absolute Gasteiger partial charge is 0.119 e. The number of rotatable bonds is 4. The standard InChI is InChI=1S/C20H24N2O2.ClH.2H2O/c1-3-13-12-22-9-7-14(13)10-19(22)20(23)16-6-8-21-18-5-4-15(24-2)11-17(16)18;;;/h3-6,8,11,13-14,19-20,23H,1,7,9-10,12H2,2H3;1H;2*1H2/t13-,14+,19-,20+;;;/m0.../s1. The van der Waals surface area contributed by atoms with Crippen molar-refractivity contribution in [1.82, 2.24) is 9.88 Å². The summed E-state index contributed by atoms with van der Waals surface area (Å²) < 4.78 is 5.35. The van der Waals surface area contributed by atoms with E-state index in [4.69, 9.17) is 4.74 Å². The highest BCUT2D eigenvalue weighted by molar-refractivity contribution is 5.85. The van der Waals surface area contributed by atoms with Gasteiger partial charge in [-0.1, -0.05) is 6.08 Å². The van der Waals surface area contributed by atoms with Crippen LogP contribution < -0.4 is 4.74 Å². The van der Waals surface area contributed by atoms with E-state index in [9.17, 15) is 5.11 Å².